The van der Waals surface area contributed by atoms with E-state index in [4.69, 9.17) is 9.72 Å². The fraction of sp³-hybridized carbons (Fsp3) is 0.263. The van der Waals surface area contributed by atoms with Crippen molar-refractivity contribution in [1.82, 2.24) is 9.55 Å². The minimum Gasteiger partial charge on any atom is -0.454 e. The number of hydrogen-bond acceptors (Lipinski definition) is 3. The number of rotatable bonds is 2. The predicted octanol–water partition coefficient (Wildman–Crippen LogP) is 3.94. The van der Waals surface area contributed by atoms with Gasteiger partial charge in [-0.1, -0.05) is 36.4 Å². The van der Waals surface area contributed by atoms with Crippen molar-refractivity contribution in [3.8, 4) is 0 Å². The average Bonchev–Trinajstić information content (AvgIpc) is 3.06. The van der Waals surface area contributed by atoms with Crippen molar-refractivity contribution in [2.24, 2.45) is 0 Å². The van der Waals surface area contributed by atoms with E-state index in [0.29, 0.717) is 0 Å². The maximum absolute atomic E-state index is 11.5. The van der Waals surface area contributed by atoms with Crippen LogP contribution in [0.2, 0.25) is 0 Å². The Morgan fingerprint density at radius 2 is 2.00 bits per heavy atom. The van der Waals surface area contributed by atoms with Crippen molar-refractivity contribution in [2.75, 3.05) is 0 Å². The average molecular weight is 306 g/mol. The van der Waals surface area contributed by atoms with Crippen LogP contribution in [-0.4, -0.2) is 15.5 Å². The number of fused-ring (bicyclic) bond motifs is 3. The van der Waals surface area contributed by atoms with Crippen molar-refractivity contribution in [2.45, 2.75) is 32.4 Å². The monoisotopic (exact) mass is 306 g/mol. The highest BCUT2D eigenvalue weighted by Crippen LogP contribution is 2.42. The van der Waals surface area contributed by atoms with Crippen LogP contribution >= 0.6 is 0 Å². The van der Waals surface area contributed by atoms with Crippen LogP contribution < -0.4 is 0 Å². The maximum atomic E-state index is 11.5. The van der Waals surface area contributed by atoms with Gasteiger partial charge in [-0.25, -0.2) is 4.98 Å². The third-order valence-corrected chi connectivity index (χ3v) is 4.40. The second-order valence-corrected chi connectivity index (χ2v) is 6.09. The fourth-order valence-electron chi connectivity index (χ4n) is 3.45. The molecule has 4 rings (SSSR count). The quantitative estimate of drug-likeness (QED) is 0.674. The maximum Gasteiger partial charge on any atom is 0.303 e. The molecule has 0 saturated carbocycles. The number of carbonyl (C=O) groups excluding carboxylic acids is 1. The predicted molar refractivity (Wildman–Crippen MR) is 88.2 cm³/mol. The molecule has 116 valence electrons. The first kappa shape index (κ1) is 14.0. The fourth-order valence-corrected chi connectivity index (χ4v) is 3.45. The van der Waals surface area contributed by atoms with Gasteiger partial charge in [0.1, 0.15) is 0 Å². The first-order valence-corrected chi connectivity index (χ1v) is 7.84. The molecule has 2 heterocycles. The zero-order chi connectivity index (χ0) is 16.0. The molecule has 0 aliphatic carbocycles. The van der Waals surface area contributed by atoms with Gasteiger partial charge in [0, 0.05) is 13.3 Å². The standard InChI is InChI=1S/C19H18N2O2/c1-12-8-9-15-17(10-12)21-16(14-6-4-3-5-7-14)11-18(19(21)20-15)23-13(2)22/h3-10,16,18H,11H2,1-2H3. The summed E-state index contributed by atoms with van der Waals surface area (Å²) in [7, 11) is 0. The molecular weight excluding hydrogens is 288 g/mol. The summed E-state index contributed by atoms with van der Waals surface area (Å²) >= 11 is 0. The molecule has 1 aliphatic rings. The lowest BCUT2D eigenvalue weighted by Crippen LogP contribution is -2.06. The number of aryl methyl sites for hydroxylation is 1. The first-order chi connectivity index (χ1) is 11.1. The molecule has 0 saturated heterocycles. The van der Waals surface area contributed by atoms with Gasteiger partial charge in [0.05, 0.1) is 17.1 Å². The van der Waals surface area contributed by atoms with E-state index in [9.17, 15) is 4.79 Å². The van der Waals surface area contributed by atoms with Crippen LogP contribution in [-0.2, 0) is 9.53 Å². The Morgan fingerprint density at radius 1 is 1.22 bits per heavy atom. The van der Waals surface area contributed by atoms with Crippen LogP contribution in [0.3, 0.4) is 0 Å². The van der Waals surface area contributed by atoms with E-state index in [1.165, 1.54) is 18.1 Å². The molecule has 4 heteroatoms. The number of esters is 1. The minimum atomic E-state index is -0.287. The normalized spacial score (nSPS) is 19.7. The van der Waals surface area contributed by atoms with E-state index in [1.54, 1.807) is 0 Å². The van der Waals surface area contributed by atoms with Crippen molar-refractivity contribution in [3.63, 3.8) is 0 Å². The van der Waals surface area contributed by atoms with Crippen LogP contribution in [0.15, 0.2) is 48.5 Å². The Bertz CT molecular complexity index is 883. The van der Waals surface area contributed by atoms with Crippen molar-refractivity contribution in [3.05, 3.63) is 65.5 Å². The summed E-state index contributed by atoms with van der Waals surface area (Å²) < 4.78 is 7.75. The topological polar surface area (TPSA) is 44.1 Å². The summed E-state index contributed by atoms with van der Waals surface area (Å²) in [6.45, 7) is 3.53. The SMILES string of the molecule is CC(=O)OC1CC(c2ccccc2)n2c1nc1ccc(C)cc12. The second-order valence-electron chi connectivity index (χ2n) is 6.09. The lowest BCUT2D eigenvalue weighted by atomic mass is 10.0. The minimum absolute atomic E-state index is 0.141. The molecule has 0 fully saturated rings. The highest BCUT2D eigenvalue weighted by atomic mass is 16.5. The molecule has 2 aromatic carbocycles. The van der Waals surface area contributed by atoms with Gasteiger partial charge < -0.3 is 9.30 Å². The van der Waals surface area contributed by atoms with Crippen LogP contribution in [0, 0.1) is 6.92 Å². The van der Waals surface area contributed by atoms with E-state index < -0.39 is 0 Å². The van der Waals surface area contributed by atoms with E-state index in [0.717, 1.165) is 23.3 Å². The molecule has 0 amide bonds. The van der Waals surface area contributed by atoms with E-state index in [-0.39, 0.29) is 18.1 Å². The Morgan fingerprint density at radius 3 is 2.74 bits per heavy atom. The van der Waals surface area contributed by atoms with Crippen molar-refractivity contribution in [1.29, 1.82) is 0 Å². The van der Waals surface area contributed by atoms with Gasteiger partial charge in [-0.3, -0.25) is 4.79 Å². The Kier molecular flexibility index (Phi) is 3.18. The summed E-state index contributed by atoms with van der Waals surface area (Å²) in [5, 5.41) is 0. The number of ether oxygens (including phenoxy) is 1. The Labute approximate surface area is 134 Å². The van der Waals surface area contributed by atoms with Gasteiger partial charge in [0.25, 0.3) is 0 Å². The number of nitrogens with zero attached hydrogens (tertiary/aromatic N) is 2. The van der Waals surface area contributed by atoms with Crippen LogP contribution in [0.4, 0.5) is 0 Å². The molecule has 1 aromatic heterocycles. The molecule has 23 heavy (non-hydrogen) atoms. The molecular formula is C19H18N2O2. The molecule has 0 radical (unpaired) electrons. The lowest BCUT2D eigenvalue weighted by Gasteiger charge is -2.15. The molecule has 0 spiro atoms. The largest absolute Gasteiger partial charge is 0.454 e. The Balaban J connectivity index is 1.91. The zero-order valence-electron chi connectivity index (χ0n) is 13.2. The van der Waals surface area contributed by atoms with Gasteiger partial charge in [0.15, 0.2) is 11.9 Å². The summed E-state index contributed by atoms with van der Waals surface area (Å²) in [5.41, 5.74) is 4.46. The lowest BCUT2D eigenvalue weighted by molar-refractivity contribution is -0.146. The van der Waals surface area contributed by atoms with E-state index in [1.807, 2.05) is 24.3 Å². The summed E-state index contributed by atoms with van der Waals surface area (Å²) in [6.07, 6.45) is 0.445. The summed E-state index contributed by atoms with van der Waals surface area (Å²) in [6, 6.07) is 16.7. The van der Waals surface area contributed by atoms with Gasteiger partial charge in [-0.15, -0.1) is 0 Å². The van der Waals surface area contributed by atoms with Crippen LogP contribution in [0.25, 0.3) is 11.0 Å². The van der Waals surface area contributed by atoms with Gasteiger partial charge in [-0.2, -0.15) is 0 Å². The zero-order valence-corrected chi connectivity index (χ0v) is 13.2. The molecule has 0 bridgehead atoms. The Hall–Kier alpha value is -2.62. The third-order valence-electron chi connectivity index (χ3n) is 4.40. The molecule has 2 unspecified atom stereocenters. The van der Waals surface area contributed by atoms with E-state index in [2.05, 4.69) is 35.8 Å². The number of benzene rings is 2. The van der Waals surface area contributed by atoms with Crippen molar-refractivity contribution >= 4 is 17.0 Å². The van der Waals surface area contributed by atoms with Crippen LogP contribution in [0.5, 0.6) is 0 Å². The van der Waals surface area contributed by atoms with Gasteiger partial charge in [0.2, 0.25) is 0 Å². The van der Waals surface area contributed by atoms with Crippen molar-refractivity contribution < 1.29 is 9.53 Å². The van der Waals surface area contributed by atoms with Crippen LogP contribution in [0.1, 0.15) is 42.4 Å². The highest BCUT2D eigenvalue weighted by molar-refractivity contribution is 5.78. The summed E-state index contributed by atoms with van der Waals surface area (Å²) in [5.74, 6) is 0.577. The number of hydrogen-bond donors (Lipinski definition) is 0. The summed E-state index contributed by atoms with van der Waals surface area (Å²) in [4.78, 5) is 16.2. The number of imidazole rings is 1. The molecule has 4 nitrogen and oxygen atoms in total. The first-order valence-electron chi connectivity index (χ1n) is 7.84. The number of carbonyl (C=O) groups is 1. The van der Waals surface area contributed by atoms with E-state index >= 15 is 0 Å². The number of aromatic nitrogens is 2. The second kappa shape index (κ2) is 5.23. The van der Waals surface area contributed by atoms with Gasteiger partial charge in [-0.05, 0) is 30.2 Å². The molecule has 2 atom stereocenters. The van der Waals surface area contributed by atoms with Gasteiger partial charge >= 0.3 is 5.97 Å². The smallest absolute Gasteiger partial charge is 0.303 e. The highest BCUT2D eigenvalue weighted by Gasteiger charge is 2.36. The third kappa shape index (κ3) is 2.31. The molecule has 1 aliphatic heterocycles. The molecule has 0 N–H and O–H groups in total. The molecule has 3 aromatic rings.